The van der Waals surface area contributed by atoms with Crippen LogP contribution in [0, 0.1) is 10.1 Å². The van der Waals surface area contributed by atoms with Crippen LogP contribution in [0.1, 0.15) is 5.56 Å². The summed E-state index contributed by atoms with van der Waals surface area (Å²) in [5, 5.41) is 21.5. The molecule has 0 spiro atoms. The molecule has 2 heterocycles. The molecule has 0 unspecified atom stereocenters. The van der Waals surface area contributed by atoms with Gasteiger partial charge in [-0.1, -0.05) is 42.5 Å². The van der Waals surface area contributed by atoms with Crippen LogP contribution in [-0.2, 0) is 6.73 Å². The first-order valence-corrected chi connectivity index (χ1v) is 9.76. The fourth-order valence-electron chi connectivity index (χ4n) is 2.60. The van der Waals surface area contributed by atoms with Crippen LogP contribution in [0.25, 0.3) is 11.3 Å². The van der Waals surface area contributed by atoms with Crippen LogP contribution in [0.4, 0.5) is 10.8 Å². The second kappa shape index (κ2) is 8.97. The number of thiazole rings is 1. The van der Waals surface area contributed by atoms with Crippen LogP contribution in [0.5, 0.6) is 5.75 Å². The number of ether oxygens (including phenoxy) is 1. The number of hydrogen-bond donors (Lipinski definition) is 1. The van der Waals surface area contributed by atoms with Crippen molar-refractivity contribution in [1.29, 1.82) is 0 Å². The van der Waals surface area contributed by atoms with Gasteiger partial charge in [-0.3, -0.25) is 15.5 Å². The van der Waals surface area contributed by atoms with E-state index in [4.69, 9.17) is 4.74 Å². The van der Waals surface area contributed by atoms with Crippen molar-refractivity contribution in [2.24, 2.45) is 5.10 Å². The average Bonchev–Trinajstić information content (AvgIpc) is 3.44. The Balaban J connectivity index is 1.39. The summed E-state index contributed by atoms with van der Waals surface area (Å²) in [6.45, 7) is 0.0407. The van der Waals surface area contributed by atoms with Crippen molar-refractivity contribution in [3.05, 3.63) is 88.0 Å². The zero-order valence-corrected chi connectivity index (χ0v) is 16.4. The maximum atomic E-state index is 10.7. The molecule has 0 aliphatic heterocycles. The standard InChI is InChI=1S/C20H16N6O3S/c27-26(28)17-11-22-25(12-17)14-29-19-9-5-4-8-16(19)10-21-24-20-23-18(13-30-20)15-6-2-1-3-7-15/h1-13H,14H2,(H,23,24). The summed E-state index contributed by atoms with van der Waals surface area (Å²) in [5.41, 5.74) is 5.51. The lowest BCUT2D eigenvalue weighted by Crippen LogP contribution is -2.06. The highest BCUT2D eigenvalue weighted by Gasteiger charge is 2.09. The van der Waals surface area contributed by atoms with E-state index in [-0.39, 0.29) is 12.4 Å². The van der Waals surface area contributed by atoms with Gasteiger partial charge in [0.05, 0.1) is 16.8 Å². The summed E-state index contributed by atoms with van der Waals surface area (Å²) in [5.74, 6) is 0.574. The number of para-hydroxylation sites is 1. The van der Waals surface area contributed by atoms with Gasteiger partial charge in [0.2, 0.25) is 5.13 Å². The number of rotatable bonds is 8. The first kappa shape index (κ1) is 19.3. The number of hydrogen-bond acceptors (Lipinski definition) is 8. The highest BCUT2D eigenvalue weighted by Crippen LogP contribution is 2.24. The van der Waals surface area contributed by atoms with Crippen molar-refractivity contribution < 1.29 is 9.66 Å². The second-order valence-corrected chi connectivity index (χ2v) is 6.94. The highest BCUT2D eigenvalue weighted by molar-refractivity contribution is 7.14. The molecular formula is C20H16N6O3S. The number of anilines is 1. The van der Waals surface area contributed by atoms with Gasteiger partial charge in [-0.25, -0.2) is 9.67 Å². The van der Waals surface area contributed by atoms with E-state index in [0.29, 0.717) is 10.9 Å². The zero-order chi connectivity index (χ0) is 20.8. The normalized spacial score (nSPS) is 10.9. The summed E-state index contributed by atoms with van der Waals surface area (Å²) in [6, 6.07) is 17.2. The third-order valence-corrected chi connectivity index (χ3v) is 4.79. The van der Waals surface area contributed by atoms with Crippen LogP contribution in [0.15, 0.2) is 77.5 Å². The number of nitrogens with one attached hydrogen (secondary N) is 1. The van der Waals surface area contributed by atoms with E-state index >= 15 is 0 Å². The van der Waals surface area contributed by atoms with Gasteiger partial charge in [-0.2, -0.15) is 10.2 Å². The Kier molecular flexibility index (Phi) is 5.76. The molecule has 30 heavy (non-hydrogen) atoms. The lowest BCUT2D eigenvalue weighted by Gasteiger charge is -2.08. The van der Waals surface area contributed by atoms with Crippen LogP contribution in [0.2, 0.25) is 0 Å². The molecule has 0 amide bonds. The summed E-state index contributed by atoms with van der Waals surface area (Å²) in [7, 11) is 0. The Morgan fingerprint density at radius 3 is 2.80 bits per heavy atom. The molecule has 2 aromatic heterocycles. The first-order chi connectivity index (χ1) is 14.7. The van der Waals surface area contributed by atoms with E-state index < -0.39 is 4.92 Å². The highest BCUT2D eigenvalue weighted by atomic mass is 32.1. The number of nitrogens with zero attached hydrogens (tertiary/aromatic N) is 5. The third-order valence-electron chi connectivity index (χ3n) is 4.04. The van der Waals surface area contributed by atoms with Crippen LogP contribution >= 0.6 is 11.3 Å². The predicted molar refractivity (Wildman–Crippen MR) is 115 cm³/mol. The molecule has 0 aliphatic carbocycles. The zero-order valence-electron chi connectivity index (χ0n) is 15.6. The largest absolute Gasteiger partial charge is 0.471 e. The minimum Gasteiger partial charge on any atom is -0.471 e. The molecular weight excluding hydrogens is 404 g/mol. The Morgan fingerprint density at radius 1 is 1.20 bits per heavy atom. The summed E-state index contributed by atoms with van der Waals surface area (Å²) >= 11 is 1.46. The predicted octanol–water partition coefficient (Wildman–Crippen LogP) is 4.40. The smallest absolute Gasteiger partial charge is 0.307 e. The SMILES string of the molecule is O=[N+]([O-])c1cnn(COc2ccccc2C=NNc2nc(-c3ccccc3)cs2)c1. The van der Waals surface area contributed by atoms with E-state index in [1.807, 2.05) is 53.9 Å². The van der Waals surface area contributed by atoms with E-state index in [0.717, 1.165) is 16.8 Å². The summed E-state index contributed by atoms with van der Waals surface area (Å²) in [4.78, 5) is 14.8. The Bertz CT molecular complexity index is 1170. The molecule has 0 saturated heterocycles. The van der Waals surface area contributed by atoms with E-state index in [1.165, 1.54) is 28.4 Å². The minimum atomic E-state index is -0.502. The molecule has 0 atom stereocenters. The Labute approximate surface area is 175 Å². The van der Waals surface area contributed by atoms with Gasteiger partial charge in [0.1, 0.15) is 18.1 Å². The molecule has 9 nitrogen and oxygen atoms in total. The fraction of sp³-hybridized carbons (Fsp3) is 0.0500. The Hall–Kier alpha value is -4.05. The topological polar surface area (TPSA) is 107 Å². The molecule has 0 radical (unpaired) electrons. The van der Waals surface area contributed by atoms with Crippen molar-refractivity contribution in [2.45, 2.75) is 6.73 Å². The number of hydrazone groups is 1. The van der Waals surface area contributed by atoms with Crippen LogP contribution in [-0.4, -0.2) is 25.9 Å². The Morgan fingerprint density at radius 2 is 2.00 bits per heavy atom. The average molecular weight is 420 g/mol. The van der Waals surface area contributed by atoms with Crippen molar-refractivity contribution >= 4 is 28.4 Å². The quantitative estimate of drug-likeness (QED) is 0.257. The van der Waals surface area contributed by atoms with E-state index in [1.54, 1.807) is 12.3 Å². The lowest BCUT2D eigenvalue weighted by atomic mass is 10.2. The molecule has 0 fully saturated rings. The van der Waals surface area contributed by atoms with Crippen molar-refractivity contribution in [2.75, 3.05) is 5.43 Å². The molecule has 1 N–H and O–H groups in total. The maximum Gasteiger partial charge on any atom is 0.307 e. The molecule has 10 heteroatoms. The minimum absolute atomic E-state index is 0.0407. The summed E-state index contributed by atoms with van der Waals surface area (Å²) in [6.07, 6.45) is 4.12. The number of benzene rings is 2. The molecule has 2 aromatic carbocycles. The van der Waals surface area contributed by atoms with E-state index in [2.05, 4.69) is 20.6 Å². The van der Waals surface area contributed by atoms with Gasteiger partial charge in [0.15, 0.2) is 6.73 Å². The van der Waals surface area contributed by atoms with Gasteiger partial charge in [0, 0.05) is 16.5 Å². The van der Waals surface area contributed by atoms with Crippen molar-refractivity contribution in [3.8, 4) is 17.0 Å². The molecule has 0 bridgehead atoms. The van der Waals surface area contributed by atoms with Crippen LogP contribution < -0.4 is 10.2 Å². The fourth-order valence-corrected chi connectivity index (χ4v) is 3.26. The maximum absolute atomic E-state index is 10.7. The van der Waals surface area contributed by atoms with E-state index in [9.17, 15) is 10.1 Å². The molecule has 150 valence electrons. The van der Waals surface area contributed by atoms with Gasteiger partial charge in [-0.15, -0.1) is 11.3 Å². The first-order valence-electron chi connectivity index (χ1n) is 8.88. The molecule has 4 aromatic rings. The number of nitro groups is 1. The molecule has 0 saturated carbocycles. The molecule has 4 rings (SSSR count). The van der Waals surface area contributed by atoms with Gasteiger partial charge in [0.25, 0.3) is 0 Å². The monoisotopic (exact) mass is 420 g/mol. The van der Waals surface area contributed by atoms with Gasteiger partial charge in [-0.05, 0) is 12.1 Å². The summed E-state index contributed by atoms with van der Waals surface area (Å²) < 4.78 is 7.08. The van der Waals surface area contributed by atoms with Gasteiger partial charge < -0.3 is 4.74 Å². The second-order valence-electron chi connectivity index (χ2n) is 6.08. The van der Waals surface area contributed by atoms with Crippen molar-refractivity contribution in [3.63, 3.8) is 0 Å². The van der Waals surface area contributed by atoms with Crippen molar-refractivity contribution in [1.82, 2.24) is 14.8 Å². The molecule has 0 aliphatic rings. The third kappa shape index (κ3) is 4.67. The van der Waals surface area contributed by atoms with Crippen LogP contribution in [0.3, 0.4) is 0 Å². The number of aromatic nitrogens is 3. The lowest BCUT2D eigenvalue weighted by molar-refractivity contribution is -0.385. The van der Waals surface area contributed by atoms with Gasteiger partial charge >= 0.3 is 5.69 Å².